The first kappa shape index (κ1) is 15.7. The predicted molar refractivity (Wildman–Crippen MR) is 85.1 cm³/mol. The molecule has 0 saturated heterocycles. The van der Waals surface area contributed by atoms with E-state index in [0.29, 0.717) is 13.0 Å². The van der Waals surface area contributed by atoms with Gasteiger partial charge in [0, 0.05) is 31.1 Å². The number of nitrogens with zero attached hydrogens (tertiary/aromatic N) is 2. The Morgan fingerprint density at radius 2 is 2.00 bits per heavy atom. The maximum atomic E-state index is 10.4. The summed E-state index contributed by atoms with van der Waals surface area (Å²) < 4.78 is 1.90. The average molecular weight is 287 g/mol. The van der Waals surface area contributed by atoms with Crippen molar-refractivity contribution in [2.45, 2.75) is 38.2 Å². The van der Waals surface area contributed by atoms with E-state index in [1.54, 1.807) is 0 Å². The van der Waals surface area contributed by atoms with Crippen molar-refractivity contribution < 1.29 is 5.11 Å². The summed E-state index contributed by atoms with van der Waals surface area (Å²) in [6, 6.07) is 12.1. The van der Waals surface area contributed by atoms with E-state index in [4.69, 9.17) is 5.73 Å². The summed E-state index contributed by atoms with van der Waals surface area (Å²) in [5.74, 6) is 0. The predicted octanol–water partition coefficient (Wildman–Crippen LogP) is 1.80. The second-order valence-corrected chi connectivity index (χ2v) is 5.68. The van der Waals surface area contributed by atoms with Crippen LogP contribution in [0.15, 0.2) is 36.4 Å². The lowest BCUT2D eigenvalue weighted by molar-refractivity contribution is 0.0988. The lowest BCUT2D eigenvalue weighted by Gasteiger charge is -2.36. The minimum absolute atomic E-state index is 0.390. The molecule has 2 aromatic rings. The number of hydrogen-bond donors (Lipinski definition) is 2. The number of aliphatic hydroxyl groups is 1. The van der Waals surface area contributed by atoms with Gasteiger partial charge in [-0.2, -0.15) is 5.10 Å². The van der Waals surface area contributed by atoms with Crippen molar-refractivity contribution in [2.24, 2.45) is 12.8 Å². The van der Waals surface area contributed by atoms with Gasteiger partial charge in [-0.25, -0.2) is 0 Å². The fourth-order valence-electron chi connectivity index (χ4n) is 2.85. The Balaban J connectivity index is 2.43. The van der Waals surface area contributed by atoms with Crippen molar-refractivity contribution >= 4 is 0 Å². The average Bonchev–Trinajstić information content (AvgIpc) is 2.85. The smallest absolute Gasteiger partial charge is 0.0624 e. The van der Waals surface area contributed by atoms with Crippen LogP contribution >= 0.6 is 0 Å². The van der Waals surface area contributed by atoms with Gasteiger partial charge in [0.2, 0.25) is 0 Å². The zero-order valence-corrected chi connectivity index (χ0v) is 13.1. The van der Waals surface area contributed by atoms with E-state index >= 15 is 0 Å². The molecule has 2 unspecified atom stereocenters. The molecule has 4 nitrogen and oxygen atoms in total. The Kier molecular flexibility index (Phi) is 4.80. The lowest BCUT2D eigenvalue weighted by atomic mass is 9.72. The normalized spacial score (nSPS) is 15.7. The summed E-state index contributed by atoms with van der Waals surface area (Å²) in [6.45, 7) is 4.30. The first-order chi connectivity index (χ1) is 10.0. The molecule has 1 aromatic heterocycles. The van der Waals surface area contributed by atoms with Crippen molar-refractivity contribution in [1.29, 1.82) is 0 Å². The van der Waals surface area contributed by atoms with Crippen molar-refractivity contribution in [3.05, 3.63) is 53.3 Å². The van der Waals surface area contributed by atoms with Gasteiger partial charge in [0.15, 0.2) is 0 Å². The topological polar surface area (TPSA) is 64.1 Å². The number of aliphatic hydroxyl groups excluding tert-OH is 1. The van der Waals surface area contributed by atoms with E-state index in [-0.39, 0.29) is 0 Å². The molecule has 1 aromatic carbocycles. The number of nitrogens with two attached hydrogens (primary N) is 1. The molecule has 0 amide bonds. The fourth-order valence-corrected chi connectivity index (χ4v) is 2.85. The van der Waals surface area contributed by atoms with E-state index in [1.807, 2.05) is 49.0 Å². The second-order valence-electron chi connectivity index (χ2n) is 5.68. The SMILES string of the molecule is CCc1cc(CC(CN)(c2ccccc2)C(C)O)n(C)n1. The van der Waals surface area contributed by atoms with Gasteiger partial charge in [0.05, 0.1) is 11.8 Å². The monoisotopic (exact) mass is 287 g/mol. The van der Waals surface area contributed by atoms with E-state index in [2.05, 4.69) is 18.1 Å². The molecule has 0 aliphatic heterocycles. The molecule has 2 atom stereocenters. The van der Waals surface area contributed by atoms with Crippen LogP contribution in [-0.2, 0) is 25.3 Å². The number of hydrogen-bond acceptors (Lipinski definition) is 3. The Morgan fingerprint density at radius 3 is 2.48 bits per heavy atom. The molecule has 0 bridgehead atoms. The third-order valence-electron chi connectivity index (χ3n) is 4.40. The Bertz CT molecular complexity index is 577. The highest BCUT2D eigenvalue weighted by atomic mass is 16.3. The van der Waals surface area contributed by atoms with Gasteiger partial charge in [-0.15, -0.1) is 0 Å². The maximum absolute atomic E-state index is 10.4. The molecule has 0 radical (unpaired) electrons. The van der Waals surface area contributed by atoms with Crippen LogP contribution in [0.25, 0.3) is 0 Å². The molecular weight excluding hydrogens is 262 g/mol. The van der Waals surface area contributed by atoms with Gasteiger partial charge >= 0.3 is 0 Å². The Morgan fingerprint density at radius 1 is 1.33 bits per heavy atom. The van der Waals surface area contributed by atoms with Crippen molar-refractivity contribution in [3.63, 3.8) is 0 Å². The molecule has 2 rings (SSSR count). The summed E-state index contributed by atoms with van der Waals surface area (Å²) >= 11 is 0. The van der Waals surface area contributed by atoms with Crippen LogP contribution in [0.3, 0.4) is 0 Å². The van der Waals surface area contributed by atoms with Crippen molar-refractivity contribution in [1.82, 2.24) is 9.78 Å². The quantitative estimate of drug-likeness (QED) is 0.851. The van der Waals surface area contributed by atoms with Crippen LogP contribution in [0.4, 0.5) is 0 Å². The van der Waals surface area contributed by atoms with Crippen LogP contribution in [-0.4, -0.2) is 27.5 Å². The molecule has 21 heavy (non-hydrogen) atoms. The summed E-state index contributed by atoms with van der Waals surface area (Å²) in [5, 5.41) is 14.9. The highest BCUT2D eigenvalue weighted by Crippen LogP contribution is 2.31. The molecule has 4 heteroatoms. The molecule has 0 aliphatic rings. The molecule has 0 fully saturated rings. The summed E-state index contributed by atoms with van der Waals surface area (Å²) in [4.78, 5) is 0. The largest absolute Gasteiger partial charge is 0.392 e. The van der Waals surface area contributed by atoms with Crippen molar-refractivity contribution in [2.75, 3.05) is 6.54 Å². The van der Waals surface area contributed by atoms with Crippen LogP contribution in [0, 0.1) is 0 Å². The first-order valence-corrected chi connectivity index (χ1v) is 7.49. The van der Waals surface area contributed by atoms with E-state index in [1.165, 1.54) is 0 Å². The molecule has 0 saturated carbocycles. The number of rotatable bonds is 6. The highest BCUT2D eigenvalue weighted by Gasteiger charge is 2.37. The minimum atomic E-state index is -0.537. The maximum Gasteiger partial charge on any atom is 0.0624 e. The minimum Gasteiger partial charge on any atom is -0.392 e. The zero-order valence-electron chi connectivity index (χ0n) is 13.1. The molecule has 0 spiro atoms. The van der Waals surface area contributed by atoms with Crippen LogP contribution < -0.4 is 5.73 Å². The van der Waals surface area contributed by atoms with Gasteiger partial charge < -0.3 is 10.8 Å². The molecule has 1 heterocycles. The standard InChI is InChI=1S/C17H25N3O/c1-4-15-10-16(20(3)19-15)11-17(12-18,13(2)21)14-8-6-5-7-9-14/h5-10,13,21H,4,11-12,18H2,1-3H3. The van der Waals surface area contributed by atoms with E-state index in [9.17, 15) is 5.11 Å². The third-order valence-corrected chi connectivity index (χ3v) is 4.40. The number of benzene rings is 1. The summed E-state index contributed by atoms with van der Waals surface area (Å²) in [5.41, 5.74) is 8.84. The van der Waals surface area contributed by atoms with Gasteiger partial charge in [0.1, 0.15) is 0 Å². The van der Waals surface area contributed by atoms with Crippen LogP contribution in [0.2, 0.25) is 0 Å². The number of aryl methyl sites for hydroxylation is 2. The third kappa shape index (κ3) is 3.01. The van der Waals surface area contributed by atoms with Gasteiger partial charge in [0.25, 0.3) is 0 Å². The summed E-state index contributed by atoms with van der Waals surface area (Å²) in [6.07, 6.45) is 1.04. The molecular formula is C17H25N3O. The van der Waals surface area contributed by atoms with Gasteiger partial charge in [-0.3, -0.25) is 4.68 Å². The van der Waals surface area contributed by atoms with Gasteiger partial charge in [-0.1, -0.05) is 37.3 Å². The molecule has 0 aliphatic carbocycles. The van der Waals surface area contributed by atoms with Crippen LogP contribution in [0.1, 0.15) is 30.8 Å². The van der Waals surface area contributed by atoms with Gasteiger partial charge in [-0.05, 0) is 25.0 Å². The Hall–Kier alpha value is -1.65. The second kappa shape index (κ2) is 6.41. The fraction of sp³-hybridized carbons (Fsp3) is 0.471. The van der Waals surface area contributed by atoms with Crippen LogP contribution in [0.5, 0.6) is 0 Å². The number of aromatic nitrogens is 2. The van der Waals surface area contributed by atoms with E-state index < -0.39 is 11.5 Å². The molecule has 114 valence electrons. The zero-order chi connectivity index (χ0) is 15.5. The molecule has 3 N–H and O–H groups in total. The highest BCUT2D eigenvalue weighted by molar-refractivity contribution is 5.30. The lowest BCUT2D eigenvalue weighted by Crippen LogP contribution is -2.46. The summed E-state index contributed by atoms with van der Waals surface area (Å²) in [7, 11) is 1.95. The van der Waals surface area contributed by atoms with E-state index in [0.717, 1.165) is 23.4 Å². The Labute approximate surface area is 126 Å². The first-order valence-electron chi connectivity index (χ1n) is 7.49. The van der Waals surface area contributed by atoms with Crippen molar-refractivity contribution in [3.8, 4) is 0 Å².